The number of nitrogens with zero attached hydrogens (tertiary/aromatic N) is 1. The van der Waals surface area contributed by atoms with Gasteiger partial charge in [-0.2, -0.15) is 0 Å². The zero-order valence-corrected chi connectivity index (χ0v) is 14.0. The first-order valence-electron chi connectivity index (χ1n) is 8.22. The Bertz CT molecular complexity index is 858. The van der Waals surface area contributed by atoms with E-state index in [0.717, 1.165) is 29.7 Å². The molecular formula is C20H23N3. The third kappa shape index (κ3) is 2.36. The van der Waals surface area contributed by atoms with E-state index in [1.54, 1.807) is 0 Å². The number of nitrogens with one attached hydrogen (secondary N) is 1. The Labute approximate surface area is 136 Å². The molecule has 2 aromatic carbocycles. The molecule has 0 saturated heterocycles. The molecule has 3 nitrogen and oxygen atoms in total. The van der Waals surface area contributed by atoms with Crippen LogP contribution in [0.2, 0.25) is 0 Å². The number of nitrogens with two attached hydrogens (primary N) is 1. The van der Waals surface area contributed by atoms with Gasteiger partial charge in [0.1, 0.15) is 5.82 Å². The molecule has 0 atom stereocenters. The van der Waals surface area contributed by atoms with Crippen molar-refractivity contribution in [2.24, 2.45) is 5.73 Å². The van der Waals surface area contributed by atoms with Crippen molar-refractivity contribution in [2.75, 3.05) is 0 Å². The Kier molecular flexibility index (Phi) is 2.94. The maximum Gasteiger partial charge on any atom is 0.128 e. The second-order valence-electron chi connectivity index (χ2n) is 7.85. The first-order chi connectivity index (χ1) is 10.9. The van der Waals surface area contributed by atoms with Gasteiger partial charge in [-0.15, -0.1) is 0 Å². The summed E-state index contributed by atoms with van der Waals surface area (Å²) in [6.07, 6.45) is 1.68. The molecule has 0 bridgehead atoms. The van der Waals surface area contributed by atoms with Crippen LogP contribution in [0.1, 0.15) is 43.3 Å². The van der Waals surface area contributed by atoms with Gasteiger partial charge in [-0.05, 0) is 47.1 Å². The monoisotopic (exact) mass is 305 g/mol. The summed E-state index contributed by atoms with van der Waals surface area (Å²) >= 11 is 0. The van der Waals surface area contributed by atoms with Crippen LogP contribution in [0.15, 0.2) is 42.5 Å². The highest BCUT2D eigenvalue weighted by atomic mass is 15.0. The van der Waals surface area contributed by atoms with E-state index in [9.17, 15) is 0 Å². The lowest BCUT2D eigenvalue weighted by atomic mass is 9.87. The van der Waals surface area contributed by atoms with Gasteiger partial charge in [0, 0.05) is 0 Å². The van der Waals surface area contributed by atoms with Crippen LogP contribution in [0.4, 0.5) is 0 Å². The van der Waals surface area contributed by atoms with E-state index in [2.05, 4.69) is 68.2 Å². The van der Waals surface area contributed by atoms with E-state index in [-0.39, 0.29) is 5.41 Å². The molecule has 0 amide bonds. The molecular weight excluding hydrogens is 282 g/mol. The van der Waals surface area contributed by atoms with Gasteiger partial charge in [-0.1, -0.05) is 51.1 Å². The van der Waals surface area contributed by atoms with Gasteiger partial charge in [0.05, 0.1) is 16.6 Å². The Morgan fingerprint density at radius 1 is 1.04 bits per heavy atom. The Hall–Kier alpha value is -2.13. The topological polar surface area (TPSA) is 54.7 Å². The summed E-state index contributed by atoms with van der Waals surface area (Å²) < 4.78 is 0. The molecule has 0 radical (unpaired) electrons. The number of hydrogen-bond acceptors (Lipinski definition) is 2. The predicted molar refractivity (Wildman–Crippen MR) is 94.5 cm³/mol. The van der Waals surface area contributed by atoms with Crippen LogP contribution in [0.25, 0.3) is 11.0 Å². The molecule has 23 heavy (non-hydrogen) atoms. The summed E-state index contributed by atoms with van der Waals surface area (Å²) in [5, 5.41) is 0. The summed E-state index contributed by atoms with van der Waals surface area (Å²) in [6.45, 7) is 6.68. The van der Waals surface area contributed by atoms with Gasteiger partial charge in [0.15, 0.2) is 0 Å². The zero-order chi connectivity index (χ0) is 16.2. The molecule has 0 unspecified atom stereocenters. The fourth-order valence-electron chi connectivity index (χ4n) is 3.52. The largest absolute Gasteiger partial charge is 0.340 e. The third-order valence-electron chi connectivity index (χ3n) is 4.95. The Morgan fingerprint density at radius 2 is 1.70 bits per heavy atom. The van der Waals surface area contributed by atoms with Crippen molar-refractivity contribution in [3.05, 3.63) is 65.0 Å². The molecule has 4 rings (SSSR count). The van der Waals surface area contributed by atoms with Gasteiger partial charge in [0.25, 0.3) is 0 Å². The second kappa shape index (κ2) is 4.68. The molecule has 0 spiro atoms. The number of hydrogen-bond donors (Lipinski definition) is 2. The maximum absolute atomic E-state index is 6.72. The molecule has 0 saturated carbocycles. The minimum atomic E-state index is -0.426. The fourth-order valence-corrected chi connectivity index (χ4v) is 3.52. The summed E-state index contributed by atoms with van der Waals surface area (Å²) in [5.41, 5.74) is 12.5. The van der Waals surface area contributed by atoms with Crippen molar-refractivity contribution in [1.82, 2.24) is 9.97 Å². The number of aromatic amines is 1. The van der Waals surface area contributed by atoms with Crippen LogP contribution in [0, 0.1) is 0 Å². The van der Waals surface area contributed by atoms with Gasteiger partial charge >= 0.3 is 0 Å². The number of aromatic nitrogens is 2. The molecule has 1 aliphatic rings. The first kappa shape index (κ1) is 14.5. The minimum Gasteiger partial charge on any atom is -0.340 e. The summed E-state index contributed by atoms with van der Waals surface area (Å²) in [6, 6.07) is 15.0. The molecule has 118 valence electrons. The minimum absolute atomic E-state index is 0.128. The average molecular weight is 305 g/mol. The van der Waals surface area contributed by atoms with Crippen molar-refractivity contribution >= 4 is 11.0 Å². The van der Waals surface area contributed by atoms with Crippen molar-refractivity contribution in [2.45, 2.75) is 44.6 Å². The highest BCUT2D eigenvalue weighted by Gasteiger charge is 2.37. The van der Waals surface area contributed by atoms with Crippen molar-refractivity contribution in [3.8, 4) is 0 Å². The van der Waals surface area contributed by atoms with E-state index in [1.165, 1.54) is 16.7 Å². The van der Waals surface area contributed by atoms with Crippen LogP contribution in [-0.2, 0) is 23.8 Å². The summed E-state index contributed by atoms with van der Waals surface area (Å²) in [7, 11) is 0. The lowest BCUT2D eigenvalue weighted by molar-refractivity contribution is 0.447. The normalized spacial score (nSPS) is 16.7. The van der Waals surface area contributed by atoms with Crippen molar-refractivity contribution in [3.63, 3.8) is 0 Å². The van der Waals surface area contributed by atoms with Crippen LogP contribution >= 0.6 is 0 Å². The number of benzene rings is 2. The van der Waals surface area contributed by atoms with E-state index < -0.39 is 5.54 Å². The Balaban J connectivity index is 1.76. The molecule has 3 heteroatoms. The van der Waals surface area contributed by atoms with Gasteiger partial charge in [0.2, 0.25) is 0 Å². The predicted octanol–water partition coefficient (Wildman–Crippen LogP) is 3.81. The molecule has 1 aliphatic carbocycles. The van der Waals surface area contributed by atoms with Crippen molar-refractivity contribution < 1.29 is 0 Å². The Morgan fingerprint density at radius 3 is 2.30 bits per heavy atom. The second-order valence-corrected chi connectivity index (χ2v) is 7.85. The molecule has 1 heterocycles. The number of fused-ring (bicyclic) bond motifs is 2. The van der Waals surface area contributed by atoms with E-state index in [1.807, 2.05) is 0 Å². The summed E-state index contributed by atoms with van der Waals surface area (Å²) in [5.74, 6) is 0.898. The van der Waals surface area contributed by atoms with Gasteiger partial charge in [-0.25, -0.2) is 4.98 Å². The first-order valence-corrected chi connectivity index (χ1v) is 8.22. The van der Waals surface area contributed by atoms with Gasteiger partial charge < -0.3 is 10.7 Å². The average Bonchev–Trinajstić information content (AvgIpc) is 3.06. The standard InChI is InChI=1S/C20H23N3/c1-19(2,3)15-8-9-16-17(10-15)23-18(22-16)20(21)11-13-6-4-5-7-14(13)12-20/h4-10H,11-12,21H2,1-3H3,(H,22,23). The molecule has 3 aromatic rings. The van der Waals surface area contributed by atoms with Crippen LogP contribution < -0.4 is 5.73 Å². The van der Waals surface area contributed by atoms with Crippen LogP contribution in [-0.4, -0.2) is 9.97 Å². The lowest BCUT2D eigenvalue weighted by Gasteiger charge is -2.20. The number of imidazole rings is 1. The number of rotatable bonds is 1. The quantitative estimate of drug-likeness (QED) is 0.718. The lowest BCUT2D eigenvalue weighted by Crippen LogP contribution is -2.38. The molecule has 0 fully saturated rings. The van der Waals surface area contributed by atoms with Crippen molar-refractivity contribution in [1.29, 1.82) is 0 Å². The smallest absolute Gasteiger partial charge is 0.128 e. The van der Waals surface area contributed by atoms with E-state index >= 15 is 0 Å². The zero-order valence-electron chi connectivity index (χ0n) is 14.0. The fraction of sp³-hybridized carbons (Fsp3) is 0.350. The highest BCUT2D eigenvalue weighted by molar-refractivity contribution is 5.76. The van der Waals surface area contributed by atoms with Gasteiger partial charge in [-0.3, -0.25) is 0 Å². The SMILES string of the molecule is CC(C)(C)c1ccc2nc(C3(N)Cc4ccccc4C3)[nH]c2c1. The molecule has 3 N–H and O–H groups in total. The molecule has 1 aromatic heterocycles. The van der Waals surface area contributed by atoms with Crippen LogP contribution in [0.3, 0.4) is 0 Å². The third-order valence-corrected chi connectivity index (χ3v) is 4.95. The molecule has 0 aliphatic heterocycles. The summed E-state index contributed by atoms with van der Waals surface area (Å²) in [4.78, 5) is 8.28. The maximum atomic E-state index is 6.72. The van der Waals surface area contributed by atoms with E-state index in [0.29, 0.717) is 0 Å². The highest BCUT2D eigenvalue weighted by Crippen LogP contribution is 2.35. The van der Waals surface area contributed by atoms with Crippen LogP contribution in [0.5, 0.6) is 0 Å². The van der Waals surface area contributed by atoms with E-state index in [4.69, 9.17) is 10.7 Å². The number of H-pyrrole nitrogens is 1.